The van der Waals surface area contributed by atoms with Crippen LogP contribution < -0.4 is 14.8 Å². The zero-order chi connectivity index (χ0) is 17.3. The van der Waals surface area contributed by atoms with Crippen molar-refractivity contribution in [1.29, 1.82) is 0 Å². The van der Waals surface area contributed by atoms with Gasteiger partial charge in [0.25, 0.3) is 5.91 Å². The van der Waals surface area contributed by atoms with Gasteiger partial charge in [0.05, 0.1) is 25.3 Å². The summed E-state index contributed by atoms with van der Waals surface area (Å²) in [6.45, 7) is 0.0481. The van der Waals surface area contributed by atoms with E-state index in [1.807, 2.05) is 0 Å². The molecule has 0 bridgehead atoms. The minimum atomic E-state index is -1.54. The normalized spacial score (nSPS) is 14.9. The molecule has 4 rings (SSSR count). The largest absolute Gasteiger partial charge is 0.472 e. The van der Waals surface area contributed by atoms with Crippen molar-refractivity contribution in [3.05, 3.63) is 72.1 Å². The number of fused-ring (bicyclic) bond motifs is 1. The topological polar surface area (TPSA) is 94.1 Å². The number of hydrogen-bond donors (Lipinski definition) is 2. The molecular weight excluding hydrogens is 326 g/mol. The monoisotopic (exact) mass is 341 g/mol. The number of carbonyl (C=O) groups excluding carboxylic acids is 1. The molecule has 1 atom stereocenters. The fourth-order valence-corrected chi connectivity index (χ4v) is 2.69. The highest BCUT2D eigenvalue weighted by atomic mass is 16.7. The van der Waals surface area contributed by atoms with Gasteiger partial charge in [0.2, 0.25) is 6.79 Å². The molecule has 0 saturated carbocycles. The molecule has 0 spiro atoms. The molecule has 7 nitrogen and oxygen atoms in total. The number of rotatable bonds is 5. The molecule has 3 aromatic rings. The van der Waals surface area contributed by atoms with Crippen LogP contribution in [0, 0.1) is 0 Å². The van der Waals surface area contributed by atoms with Crippen molar-refractivity contribution in [2.75, 3.05) is 13.3 Å². The lowest BCUT2D eigenvalue weighted by atomic mass is 9.93. The predicted molar refractivity (Wildman–Crippen MR) is 85.3 cm³/mol. The summed E-state index contributed by atoms with van der Waals surface area (Å²) >= 11 is 0. The van der Waals surface area contributed by atoms with Gasteiger partial charge in [-0.2, -0.15) is 0 Å². The standard InChI is InChI=1S/C18H15NO6/c20-17(12-3-4-14-15(8-12)25-11-24-14)19-10-18(21,13-5-7-22-9-13)16-2-1-6-23-16/h1-9,21H,10-11H2,(H,19,20). The number of hydrogen-bond acceptors (Lipinski definition) is 6. The van der Waals surface area contributed by atoms with E-state index in [9.17, 15) is 9.90 Å². The fourth-order valence-electron chi connectivity index (χ4n) is 2.69. The van der Waals surface area contributed by atoms with Gasteiger partial charge in [-0.1, -0.05) is 0 Å². The average molecular weight is 341 g/mol. The molecule has 2 aromatic heterocycles. The smallest absolute Gasteiger partial charge is 0.251 e. The van der Waals surface area contributed by atoms with Gasteiger partial charge >= 0.3 is 0 Å². The lowest BCUT2D eigenvalue weighted by Crippen LogP contribution is -2.41. The number of carbonyl (C=O) groups is 1. The van der Waals surface area contributed by atoms with Crippen LogP contribution >= 0.6 is 0 Å². The molecular formula is C18H15NO6. The predicted octanol–water partition coefficient (Wildman–Crippen LogP) is 2.27. The lowest BCUT2D eigenvalue weighted by Gasteiger charge is -2.25. The van der Waals surface area contributed by atoms with E-state index in [1.165, 1.54) is 18.8 Å². The zero-order valence-electron chi connectivity index (χ0n) is 13.1. The summed E-state index contributed by atoms with van der Waals surface area (Å²) in [5, 5.41) is 13.8. The van der Waals surface area contributed by atoms with E-state index in [1.54, 1.807) is 36.4 Å². The van der Waals surface area contributed by atoms with Gasteiger partial charge in [-0.25, -0.2) is 0 Å². The van der Waals surface area contributed by atoms with Crippen molar-refractivity contribution in [3.63, 3.8) is 0 Å². The van der Waals surface area contributed by atoms with E-state index in [4.69, 9.17) is 18.3 Å². The van der Waals surface area contributed by atoms with Crippen molar-refractivity contribution in [1.82, 2.24) is 5.32 Å². The summed E-state index contributed by atoms with van der Waals surface area (Å²) in [5.41, 5.74) is -0.658. The first-order chi connectivity index (χ1) is 12.2. The minimum Gasteiger partial charge on any atom is -0.472 e. The first kappa shape index (κ1) is 15.3. The summed E-state index contributed by atoms with van der Waals surface area (Å²) in [4.78, 5) is 12.5. The molecule has 1 aliphatic heterocycles. The van der Waals surface area contributed by atoms with Gasteiger partial charge in [0.15, 0.2) is 17.1 Å². The molecule has 25 heavy (non-hydrogen) atoms. The summed E-state index contributed by atoms with van der Waals surface area (Å²) in [5.74, 6) is 1.07. The van der Waals surface area contributed by atoms with Gasteiger partial charge in [0, 0.05) is 11.1 Å². The third-order valence-electron chi connectivity index (χ3n) is 4.07. The number of furan rings is 2. The average Bonchev–Trinajstić information content (AvgIpc) is 3.40. The number of amides is 1. The molecule has 2 N–H and O–H groups in total. The minimum absolute atomic E-state index is 0.0900. The van der Waals surface area contributed by atoms with E-state index in [0.29, 0.717) is 28.4 Å². The molecule has 3 heterocycles. The molecule has 1 aliphatic rings. The molecule has 0 aliphatic carbocycles. The van der Waals surface area contributed by atoms with Crippen LogP contribution in [0.5, 0.6) is 11.5 Å². The van der Waals surface area contributed by atoms with E-state index in [-0.39, 0.29) is 19.2 Å². The quantitative estimate of drug-likeness (QED) is 0.739. The van der Waals surface area contributed by atoms with Crippen LogP contribution in [0.25, 0.3) is 0 Å². The first-order valence-electron chi connectivity index (χ1n) is 7.64. The molecule has 0 saturated heterocycles. The van der Waals surface area contributed by atoms with Gasteiger partial charge in [-0.3, -0.25) is 4.79 Å². The molecule has 1 aromatic carbocycles. The van der Waals surface area contributed by atoms with Crippen molar-refractivity contribution in [2.45, 2.75) is 5.60 Å². The maximum Gasteiger partial charge on any atom is 0.251 e. The third kappa shape index (κ3) is 2.74. The van der Waals surface area contributed by atoms with Crippen molar-refractivity contribution in [3.8, 4) is 11.5 Å². The Morgan fingerprint density at radius 2 is 2.04 bits per heavy atom. The van der Waals surface area contributed by atoms with Gasteiger partial charge in [-0.15, -0.1) is 0 Å². The van der Waals surface area contributed by atoms with Crippen molar-refractivity contribution >= 4 is 5.91 Å². The second-order valence-corrected chi connectivity index (χ2v) is 5.60. The van der Waals surface area contributed by atoms with E-state index in [0.717, 1.165) is 0 Å². The second kappa shape index (κ2) is 6.03. The zero-order valence-corrected chi connectivity index (χ0v) is 13.1. The molecule has 0 fully saturated rings. The van der Waals surface area contributed by atoms with Crippen molar-refractivity contribution < 1.29 is 28.2 Å². The molecule has 1 amide bonds. The number of ether oxygens (including phenoxy) is 2. The summed E-state index contributed by atoms with van der Waals surface area (Å²) < 4.78 is 20.9. The highest BCUT2D eigenvalue weighted by Crippen LogP contribution is 2.33. The Morgan fingerprint density at radius 3 is 2.80 bits per heavy atom. The van der Waals surface area contributed by atoms with Gasteiger partial charge < -0.3 is 28.7 Å². The Balaban J connectivity index is 1.55. The summed E-state index contributed by atoms with van der Waals surface area (Å²) in [6.07, 6.45) is 4.32. The Labute approximate surface area is 142 Å². The van der Waals surface area contributed by atoms with Crippen LogP contribution in [0.2, 0.25) is 0 Å². The maximum absolute atomic E-state index is 12.5. The first-order valence-corrected chi connectivity index (χ1v) is 7.64. The van der Waals surface area contributed by atoms with E-state index >= 15 is 0 Å². The highest BCUT2D eigenvalue weighted by molar-refractivity contribution is 5.95. The van der Waals surface area contributed by atoms with Crippen molar-refractivity contribution in [2.24, 2.45) is 0 Å². The second-order valence-electron chi connectivity index (χ2n) is 5.60. The Hall–Kier alpha value is -3.19. The number of aliphatic hydroxyl groups is 1. The number of nitrogens with one attached hydrogen (secondary N) is 1. The van der Waals surface area contributed by atoms with Gasteiger partial charge in [-0.05, 0) is 36.4 Å². The van der Waals surface area contributed by atoms with Crippen LogP contribution in [0.15, 0.2) is 64.0 Å². The van der Waals surface area contributed by atoms with Crippen LogP contribution in [0.3, 0.4) is 0 Å². The Morgan fingerprint density at radius 1 is 1.16 bits per heavy atom. The van der Waals surface area contributed by atoms with E-state index < -0.39 is 5.60 Å². The maximum atomic E-state index is 12.5. The van der Waals surface area contributed by atoms with Crippen LogP contribution in [0.1, 0.15) is 21.7 Å². The molecule has 7 heteroatoms. The Kier molecular flexibility index (Phi) is 3.70. The molecule has 1 unspecified atom stereocenters. The fraction of sp³-hybridized carbons (Fsp3) is 0.167. The van der Waals surface area contributed by atoms with Crippen LogP contribution in [0.4, 0.5) is 0 Å². The summed E-state index contributed by atoms with van der Waals surface area (Å²) in [6, 6.07) is 9.83. The van der Waals surface area contributed by atoms with E-state index in [2.05, 4.69) is 5.32 Å². The van der Waals surface area contributed by atoms with Crippen LogP contribution in [-0.2, 0) is 5.60 Å². The third-order valence-corrected chi connectivity index (χ3v) is 4.07. The van der Waals surface area contributed by atoms with Gasteiger partial charge in [0.1, 0.15) is 5.76 Å². The highest BCUT2D eigenvalue weighted by Gasteiger charge is 2.36. The number of benzene rings is 1. The SMILES string of the molecule is O=C(NCC(O)(c1ccoc1)c1ccco1)c1ccc2c(c1)OCO2. The molecule has 0 radical (unpaired) electrons. The Bertz CT molecular complexity index is 835. The molecule has 128 valence electrons. The van der Waals surface area contributed by atoms with Crippen LogP contribution in [-0.4, -0.2) is 24.4 Å². The lowest BCUT2D eigenvalue weighted by molar-refractivity contribution is 0.0520. The summed E-state index contributed by atoms with van der Waals surface area (Å²) in [7, 11) is 0.